The third-order valence-electron chi connectivity index (χ3n) is 2.35. The van der Waals surface area contributed by atoms with Crippen LogP contribution in [0.3, 0.4) is 0 Å². The molecular formula is C12H13ClN2O2S. The number of nitrogens with zero attached hydrogens (tertiary/aromatic N) is 2. The molecule has 2 rings (SSSR count). The zero-order valence-electron chi connectivity index (χ0n) is 10.1. The number of sulfone groups is 1. The normalized spacial score (nSPS) is 12.2. The third-order valence-corrected chi connectivity index (χ3v) is 4.53. The van der Waals surface area contributed by atoms with Crippen molar-refractivity contribution in [1.82, 2.24) is 9.97 Å². The van der Waals surface area contributed by atoms with Crippen LogP contribution < -0.4 is 0 Å². The number of halogens is 1. The second kappa shape index (κ2) is 4.82. The predicted octanol–water partition coefficient (Wildman–Crippen LogP) is 2.71. The first-order valence-corrected chi connectivity index (χ1v) is 7.56. The molecule has 96 valence electrons. The van der Waals surface area contributed by atoms with E-state index in [0.717, 1.165) is 0 Å². The van der Waals surface area contributed by atoms with Gasteiger partial charge in [0.1, 0.15) is 0 Å². The maximum Gasteiger partial charge on any atom is 0.197 e. The van der Waals surface area contributed by atoms with E-state index in [-0.39, 0.29) is 16.7 Å². The van der Waals surface area contributed by atoms with Crippen molar-refractivity contribution in [3.63, 3.8) is 0 Å². The first-order chi connectivity index (χ1) is 8.38. The molecule has 0 aliphatic carbocycles. The van der Waals surface area contributed by atoms with Gasteiger partial charge in [-0.15, -0.1) is 0 Å². The van der Waals surface area contributed by atoms with Crippen molar-refractivity contribution in [3.8, 4) is 0 Å². The van der Waals surface area contributed by atoms with E-state index in [0.29, 0.717) is 16.1 Å². The lowest BCUT2D eigenvalue weighted by Gasteiger charge is -2.06. The summed E-state index contributed by atoms with van der Waals surface area (Å²) in [7, 11) is -3.37. The Kier molecular flexibility index (Phi) is 3.54. The van der Waals surface area contributed by atoms with Gasteiger partial charge in [-0.05, 0) is 24.1 Å². The molecule has 1 aromatic heterocycles. The maximum absolute atomic E-state index is 12.0. The first kappa shape index (κ1) is 13.2. The predicted molar refractivity (Wildman–Crippen MR) is 71.4 cm³/mol. The third kappa shape index (κ3) is 2.79. The van der Waals surface area contributed by atoms with Crippen LogP contribution in [0.5, 0.6) is 0 Å². The molecule has 0 saturated heterocycles. The van der Waals surface area contributed by atoms with Gasteiger partial charge in [0.2, 0.25) is 0 Å². The van der Waals surface area contributed by atoms with Crippen LogP contribution in [-0.2, 0) is 9.84 Å². The maximum atomic E-state index is 12.0. The Balaban J connectivity index is 2.51. The molecule has 0 aliphatic heterocycles. The van der Waals surface area contributed by atoms with Crippen LogP contribution in [0.4, 0.5) is 0 Å². The second-order valence-corrected chi connectivity index (χ2v) is 6.93. The molecule has 4 nitrogen and oxygen atoms in total. The van der Waals surface area contributed by atoms with Gasteiger partial charge in [-0.3, -0.25) is 4.98 Å². The molecule has 0 atom stereocenters. The van der Waals surface area contributed by atoms with Gasteiger partial charge in [0.15, 0.2) is 14.9 Å². The van der Waals surface area contributed by atoms with Crippen molar-refractivity contribution >= 4 is 32.5 Å². The fourth-order valence-corrected chi connectivity index (χ4v) is 3.31. The first-order valence-electron chi connectivity index (χ1n) is 5.53. The molecule has 18 heavy (non-hydrogen) atoms. The number of aromatic nitrogens is 2. The summed E-state index contributed by atoms with van der Waals surface area (Å²) in [5.74, 6) is 0.124. The molecule has 0 radical (unpaired) electrons. The number of rotatable bonds is 3. The molecule has 0 saturated carbocycles. The summed E-state index contributed by atoms with van der Waals surface area (Å²) in [6.07, 6.45) is 1.29. The van der Waals surface area contributed by atoms with Gasteiger partial charge >= 0.3 is 0 Å². The van der Waals surface area contributed by atoms with E-state index in [2.05, 4.69) is 9.97 Å². The van der Waals surface area contributed by atoms with Crippen molar-refractivity contribution in [3.05, 3.63) is 29.4 Å². The number of hydrogen-bond acceptors (Lipinski definition) is 4. The topological polar surface area (TPSA) is 59.9 Å². The van der Waals surface area contributed by atoms with Gasteiger partial charge in [0.05, 0.1) is 23.0 Å². The van der Waals surface area contributed by atoms with Crippen LogP contribution in [0.25, 0.3) is 11.0 Å². The van der Waals surface area contributed by atoms with Gasteiger partial charge in [-0.1, -0.05) is 25.4 Å². The summed E-state index contributed by atoms with van der Waals surface area (Å²) in [6.45, 7) is 3.71. The second-order valence-electron chi connectivity index (χ2n) is 4.52. The van der Waals surface area contributed by atoms with E-state index in [1.165, 1.54) is 6.20 Å². The summed E-state index contributed by atoms with van der Waals surface area (Å²) >= 11 is 5.83. The summed E-state index contributed by atoms with van der Waals surface area (Å²) in [4.78, 5) is 8.22. The van der Waals surface area contributed by atoms with Crippen LogP contribution in [0.2, 0.25) is 5.02 Å². The largest absolute Gasteiger partial charge is 0.252 e. The Hall–Kier alpha value is -1.20. The lowest BCUT2D eigenvalue weighted by Crippen LogP contribution is -2.13. The van der Waals surface area contributed by atoms with Gasteiger partial charge in [0.25, 0.3) is 0 Å². The van der Waals surface area contributed by atoms with Crippen LogP contribution in [0.1, 0.15) is 13.8 Å². The fourth-order valence-electron chi connectivity index (χ4n) is 1.64. The summed E-state index contributed by atoms with van der Waals surface area (Å²) in [5.41, 5.74) is 1.12. The lowest BCUT2D eigenvalue weighted by atomic mass is 10.3. The lowest BCUT2D eigenvalue weighted by molar-refractivity contribution is 0.578. The Bertz CT molecular complexity index is 684. The van der Waals surface area contributed by atoms with Crippen LogP contribution in [0.15, 0.2) is 29.4 Å². The van der Waals surface area contributed by atoms with Gasteiger partial charge in [-0.25, -0.2) is 13.4 Å². The molecule has 1 heterocycles. The fraction of sp³-hybridized carbons (Fsp3) is 0.333. The molecule has 0 bridgehead atoms. The molecule has 0 amide bonds. The van der Waals surface area contributed by atoms with Gasteiger partial charge in [0, 0.05) is 5.02 Å². The summed E-state index contributed by atoms with van der Waals surface area (Å²) in [6, 6.07) is 4.99. The standard InChI is InChI=1S/C12H13ClN2O2S/c1-8(2)7-18(16,17)12-6-14-11-5-9(13)3-4-10(11)15-12/h3-6,8H,7H2,1-2H3. The van der Waals surface area contributed by atoms with Crippen LogP contribution >= 0.6 is 11.6 Å². The van der Waals surface area contributed by atoms with E-state index in [9.17, 15) is 8.42 Å². The molecule has 0 fully saturated rings. The minimum Gasteiger partial charge on any atom is -0.252 e. The zero-order chi connectivity index (χ0) is 13.3. The number of fused-ring (bicyclic) bond motifs is 1. The van der Waals surface area contributed by atoms with E-state index < -0.39 is 9.84 Å². The van der Waals surface area contributed by atoms with Gasteiger partial charge in [-0.2, -0.15) is 0 Å². The molecule has 2 aromatic rings. The zero-order valence-corrected chi connectivity index (χ0v) is 11.7. The van der Waals surface area contributed by atoms with Crippen molar-refractivity contribution < 1.29 is 8.42 Å². The average Bonchev–Trinajstić information content (AvgIpc) is 2.26. The van der Waals surface area contributed by atoms with Crippen molar-refractivity contribution in [2.24, 2.45) is 5.92 Å². The van der Waals surface area contributed by atoms with Crippen LogP contribution in [0, 0.1) is 5.92 Å². The molecule has 6 heteroatoms. The highest BCUT2D eigenvalue weighted by Crippen LogP contribution is 2.18. The quantitative estimate of drug-likeness (QED) is 0.869. The van der Waals surface area contributed by atoms with Crippen molar-refractivity contribution in [1.29, 1.82) is 0 Å². The number of benzene rings is 1. The Labute approximate surface area is 111 Å². The average molecular weight is 285 g/mol. The van der Waals surface area contributed by atoms with Crippen LogP contribution in [-0.4, -0.2) is 24.1 Å². The Morgan fingerprint density at radius 2 is 2.00 bits per heavy atom. The van der Waals surface area contributed by atoms with Crippen molar-refractivity contribution in [2.45, 2.75) is 18.9 Å². The molecule has 0 aliphatic rings. The Morgan fingerprint density at radius 1 is 1.28 bits per heavy atom. The van der Waals surface area contributed by atoms with Crippen molar-refractivity contribution in [2.75, 3.05) is 5.75 Å². The SMILES string of the molecule is CC(C)CS(=O)(=O)c1cnc2cc(Cl)ccc2n1. The highest BCUT2D eigenvalue weighted by Gasteiger charge is 2.18. The van der Waals surface area contributed by atoms with E-state index in [1.807, 2.05) is 13.8 Å². The molecule has 0 N–H and O–H groups in total. The monoisotopic (exact) mass is 284 g/mol. The molecule has 0 unspecified atom stereocenters. The highest BCUT2D eigenvalue weighted by atomic mass is 35.5. The summed E-state index contributed by atoms with van der Waals surface area (Å²) < 4.78 is 24.0. The van der Waals surface area contributed by atoms with E-state index >= 15 is 0 Å². The number of hydrogen-bond donors (Lipinski definition) is 0. The minimum absolute atomic E-state index is 0.0195. The molecule has 0 spiro atoms. The molecular weight excluding hydrogens is 272 g/mol. The molecule has 1 aromatic carbocycles. The highest BCUT2D eigenvalue weighted by molar-refractivity contribution is 7.91. The van der Waals surface area contributed by atoms with E-state index in [1.54, 1.807) is 18.2 Å². The Morgan fingerprint density at radius 3 is 2.67 bits per heavy atom. The van der Waals surface area contributed by atoms with E-state index in [4.69, 9.17) is 11.6 Å². The summed E-state index contributed by atoms with van der Waals surface area (Å²) in [5, 5.41) is 0.570. The van der Waals surface area contributed by atoms with Gasteiger partial charge < -0.3 is 0 Å². The smallest absolute Gasteiger partial charge is 0.197 e. The minimum atomic E-state index is -3.37.